The van der Waals surface area contributed by atoms with Crippen LogP contribution >= 0.6 is 11.6 Å². The van der Waals surface area contributed by atoms with Crippen molar-refractivity contribution in [3.05, 3.63) is 59.4 Å². The average Bonchev–Trinajstić information content (AvgIpc) is 2.40. The summed E-state index contributed by atoms with van der Waals surface area (Å²) in [5.74, 6) is 4.88. The molecule has 0 bridgehead atoms. The third kappa shape index (κ3) is 3.62. The van der Waals surface area contributed by atoms with Crippen molar-refractivity contribution in [3.8, 4) is 11.8 Å². The number of rotatable bonds is 1. The van der Waals surface area contributed by atoms with Crippen LogP contribution in [0.4, 0.5) is 5.69 Å². The van der Waals surface area contributed by atoms with Crippen LogP contribution in [0.1, 0.15) is 5.56 Å². The van der Waals surface area contributed by atoms with E-state index in [9.17, 15) is 4.79 Å². The number of carbonyl (C=O) groups excluding carboxylic acids is 1. The van der Waals surface area contributed by atoms with Gasteiger partial charge in [-0.1, -0.05) is 35.7 Å². The van der Waals surface area contributed by atoms with E-state index < -0.39 is 0 Å². The van der Waals surface area contributed by atoms with E-state index in [2.05, 4.69) is 22.1 Å². The summed E-state index contributed by atoms with van der Waals surface area (Å²) < 4.78 is 0. The highest BCUT2D eigenvalue weighted by molar-refractivity contribution is 6.29. The minimum Gasteiger partial charge on any atom is -0.314 e. The molecule has 0 unspecified atom stereocenters. The van der Waals surface area contributed by atoms with Gasteiger partial charge < -0.3 is 5.32 Å². The van der Waals surface area contributed by atoms with Crippen molar-refractivity contribution in [2.45, 2.75) is 0 Å². The number of amides is 1. The molecule has 2 aromatic rings. The van der Waals surface area contributed by atoms with Gasteiger partial charge in [0.05, 0.1) is 11.9 Å². The van der Waals surface area contributed by atoms with Gasteiger partial charge in [-0.3, -0.25) is 4.79 Å². The average molecular weight is 257 g/mol. The zero-order valence-corrected chi connectivity index (χ0v) is 10.1. The minimum atomic E-state index is -0.386. The first kappa shape index (κ1) is 12.2. The van der Waals surface area contributed by atoms with Crippen molar-refractivity contribution in [2.24, 2.45) is 0 Å². The highest BCUT2D eigenvalue weighted by Gasteiger charge is 1.98. The Morgan fingerprint density at radius 1 is 1.17 bits per heavy atom. The van der Waals surface area contributed by atoms with E-state index in [1.54, 1.807) is 12.1 Å². The second kappa shape index (κ2) is 5.85. The van der Waals surface area contributed by atoms with Crippen LogP contribution in [-0.2, 0) is 4.79 Å². The van der Waals surface area contributed by atoms with Crippen LogP contribution in [0.3, 0.4) is 0 Å². The van der Waals surface area contributed by atoms with E-state index in [1.807, 2.05) is 30.3 Å². The van der Waals surface area contributed by atoms with Crippen LogP contribution in [0, 0.1) is 11.8 Å². The standard InChI is InChI=1S/C14H9ClN2O/c15-13-8-7-12(10-16-13)17-14(18)9-6-11-4-2-1-3-5-11/h1-5,7-8,10H,(H,17,18). The molecule has 0 radical (unpaired) electrons. The Morgan fingerprint density at radius 3 is 2.61 bits per heavy atom. The highest BCUT2D eigenvalue weighted by atomic mass is 35.5. The number of carbonyl (C=O) groups is 1. The fraction of sp³-hybridized carbons (Fsp3) is 0. The smallest absolute Gasteiger partial charge is 0.300 e. The molecule has 1 N–H and O–H groups in total. The van der Waals surface area contributed by atoms with Gasteiger partial charge in [0, 0.05) is 11.5 Å². The first-order chi connectivity index (χ1) is 8.74. The van der Waals surface area contributed by atoms with E-state index in [1.165, 1.54) is 6.20 Å². The van der Waals surface area contributed by atoms with E-state index >= 15 is 0 Å². The van der Waals surface area contributed by atoms with E-state index in [0.29, 0.717) is 10.8 Å². The quantitative estimate of drug-likeness (QED) is 0.630. The first-order valence-electron chi connectivity index (χ1n) is 5.23. The van der Waals surface area contributed by atoms with Gasteiger partial charge in [-0.15, -0.1) is 0 Å². The van der Waals surface area contributed by atoms with Crippen LogP contribution in [0.15, 0.2) is 48.7 Å². The molecule has 0 atom stereocenters. The monoisotopic (exact) mass is 256 g/mol. The number of aromatic nitrogens is 1. The van der Waals surface area contributed by atoms with Crippen molar-refractivity contribution in [3.63, 3.8) is 0 Å². The summed E-state index contributed by atoms with van der Waals surface area (Å²) in [7, 11) is 0. The van der Waals surface area contributed by atoms with Crippen LogP contribution in [-0.4, -0.2) is 10.9 Å². The van der Waals surface area contributed by atoms with Gasteiger partial charge in [-0.25, -0.2) is 4.98 Å². The molecule has 1 aromatic heterocycles. The van der Waals surface area contributed by atoms with Crippen molar-refractivity contribution >= 4 is 23.2 Å². The van der Waals surface area contributed by atoms with Crippen molar-refractivity contribution in [2.75, 3.05) is 5.32 Å². The molecular weight excluding hydrogens is 248 g/mol. The number of halogens is 1. The molecule has 88 valence electrons. The molecule has 0 spiro atoms. The van der Waals surface area contributed by atoms with Gasteiger partial charge in [0.25, 0.3) is 0 Å². The fourth-order valence-electron chi connectivity index (χ4n) is 1.26. The number of anilines is 1. The molecule has 3 nitrogen and oxygen atoms in total. The molecule has 2 rings (SSSR count). The molecule has 1 heterocycles. The van der Waals surface area contributed by atoms with Crippen molar-refractivity contribution in [1.29, 1.82) is 0 Å². The predicted octanol–water partition coefficient (Wildman–Crippen LogP) is 2.73. The molecule has 1 aromatic carbocycles. The SMILES string of the molecule is O=C(C#Cc1ccccc1)Nc1ccc(Cl)nc1. The lowest BCUT2D eigenvalue weighted by Crippen LogP contribution is -2.08. The van der Waals surface area contributed by atoms with Crippen LogP contribution in [0.2, 0.25) is 5.15 Å². The molecule has 0 aliphatic rings. The Hall–Kier alpha value is -2.31. The number of pyridine rings is 1. The zero-order valence-electron chi connectivity index (χ0n) is 9.35. The fourth-order valence-corrected chi connectivity index (χ4v) is 1.37. The second-order valence-electron chi connectivity index (χ2n) is 3.44. The summed E-state index contributed by atoms with van der Waals surface area (Å²) in [4.78, 5) is 15.4. The van der Waals surface area contributed by atoms with Gasteiger partial charge in [0.1, 0.15) is 5.15 Å². The van der Waals surface area contributed by atoms with Crippen molar-refractivity contribution in [1.82, 2.24) is 4.98 Å². The summed E-state index contributed by atoms with van der Waals surface area (Å²) >= 11 is 5.64. The molecule has 0 aliphatic heterocycles. The number of benzene rings is 1. The summed E-state index contributed by atoms with van der Waals surface area (Å²) in [6.45, 7) is 0. The van der Waals surface area contributed by atoms with Crippen LogP contribution in [0.25, 0.3) is 0 Å². The highest BCUT2D eigenvalue weighted by Crippen LogP contribution is 2.09. The molecule has 18 heavy (non-hydrogen) atoms. The summed E-state index contributed by atoms with van der Waals surface area (Å²) in [5, 5.41) is 2.98. The van der Waals surface area contributed by atoms with Gasteiger partial charge in [-0.05, 0) is 24.3 Å². The third-order valence-electron chi connectivity index (χ3n) is 2.08. The Bertz CT molecular complexity index is 597. The number of nitrogens with zero attached hydrogens (tertiary/aromatic N) is 1. The first-order valence-corrected chi connectivity index (χ1v) is 5.61. The van der Waals surface area contributed by atoms with Gasteiger partial charge in [-0.2, -0.15) is 0 Å². The molecule has 4 heteroatoms. The topological polar surface area (TPSA) is 42.0 Å². The lowest BCUT2D eigenvalue weighted by Gasteiger charge is -1.99. The van der Waals surface area contributed by atoms with E-state index in [4.69, 9.17) is 11.6 Å². The Balaban J connectivity index is 2.01. The molecule has 0 saturated carbocycles. The van der Waals surface area contributed by atoms with Gasteiger partial charge >= 0.3 is 5.91 Å². The van der Waals surface area contributed by atoms with Gasteiger partial charge in [0.2, 0.25) is 0 Å². The molecular formula is C14H9ClN2O. The number of hydrogen-bond acceptors (Lipinski definition) is 2. The molecule has 0 saturated heterocycles. The predicted molar refractivity (Wildman–Crippen MR) is 71.2 cm³/mol. The number of hydrogen-bond donors (Lipinski definition) is 1. The molecule has 1 amide bonds. The maximum Gasteiger partial charge on any atom is 0.300 e. The second-order valence-corrected chi connectivity index (χ2v) is 3.83. The van der Waals surface area contributed by atoms with Crippen LogP contribution in [0.5, 0.6) is 0 Å². The summed E-state index contributed by atoms with van der Waals surface area (Å²) in [6, 6.07) is 12.6. The Kier molecular flexibility index (Phi) is 3.95. The Labute approximate surface area is 110 Å². The lowest BCUT2D eigenvalue weighted by atomic mass is 10.2. The van der Waals surface area contributed by atoms with Crippen molar-refractivity contribution < 1.29 is 4.79 Å². The maximum absolute atomic E-state index is 11.5. The van der Waals surface area contributed by atoms with E-state index in [-0.39, 0.29) is 5.91 Å². The van der Waals surface area contributed by atoms with Gasteiger partial charge in [0.15, 0.2) is 0 Å². The molecule has 0 fully saturated rings. The minimum absolute atomic E-state index is 0.378. The third-order valence-corrected chi connectivity index (χ3v) is 2.30. The van der Waals surface area contributed by atoms with Crippen LogP contribution < -0.4 is 5.32 Å². The summed E-state index contributed by atoms with van der Waals surface area (Å²) in [5.41, 5.74) is 1.36. The normalized spacial score (nSPS) is 9.17. The Morgan fingerprint density at radius 2 is 1.94 bits per heavy atom. The zero-order chi connectivity index (χ0) is 12.8. The van der Waals surface area contributed by atoms with E-state index in [0.717, 1.165) is 5.56 Å². The number of nitrogens with one attached hydrogen (secondary N) is 1. The summed E-state index contributed by atoms with van der Waals surface area (Å²) in [6.07, 6.45) is 1.48. The lowest BCUT2D eigenvalue weighted by molar-refractivity contribution is -0.111. The maximum atomic E-state index is 11.5. The molecule has 0 aliphatic carbocycles. The largest absolute Gasteiger partial charge is 0.314 e.